The molecule has 5 nitrogen and oxygen atoms in total. The quantitative estimate of drug-likeness (QED) is 0.547. The number of nitrogens with two attached hydrogens (primary N) is 1. The van der Waals surface area contributed by atoms with Crippen molar-refractivity contribution >= 4 is 11.6 Å². The smallest absolute Gasteiger partial charge is 0.251 e. The Balaban J connectivity index is 2.76. The first-order valence-corrected chi connectivity index (χ1v) is 6.83. The molecule has 0 heterocycles. The molecule has 4 N–H and O–H groups in total. The van der Waals surface area contributed by atoms with Crippen LogP contribution in [0.2, 0.25) is 0 Å². The van der Waals surface area contributed by atoms with E-state index in [1.807, 2.05) is 19.0 Å². The van der Waals surface area contributed by atoms with Crippen LogP contribution in [-0.4, -0.2) is 42.6 Å². The number of nitrogens with zero attached hydrogens (tertiary/aromatic N) is 1. The SMILES string of the molecule is CC(C)CC(CN(C)C)NC(=O)c1ccc(N)c(O)c1. The zero-order chi connectivity index (χ0) is 15.3. The summed E-state index contributed by atoms with van der Waals surface area (Å²) in [5.74, 6) is 0.249. The minimum Gasteiger partial charge on any atom is -0.506 e. The Morgan fingerprint density at radius 2 is 2.05 bits per heavy atom. The van der Waals surface area contributed by atoms with Gasteiger partial charge in [0.2, 0.25) is 0 Å². The minimum absolute atomic E-state index is 0.0642. The minimum atomic E-state index is -0.187. The lowest BCUT2D eigenvalue weighted by Crippen LogP contribution is -2.42. The van der Waals surface area contributed by atoms with Crippen molar-refractivity contribution in [1.82, 2.24) is 10.2 Å². The summed E-state index contributed by atoms with van der Waals surface area (Å²) in [5.41, 5.74) is 6.23. The van der Waals surface area contributed by atoms with Crippen LogP contribution in [0.4, 0.5) is 5.69 Å². The topological polar surface area (TPSA) is 78.6 Å². The number of likely N-dealkylation sites (N-methyl/N-ethyl adjacent to an activating group) is 1. The van der Waals surface area contributed by atoms with Gasteiger partial charge >= 0.3 is 0 Å². The van der Waals surface area contributed by atoms with Crippen LogP contribution in [0, 0.1) is 5.92 Å². The second-order valence-electron chi connectivity index (χ2n) is 5.84. The molecule has 20 heavy (non-hydrogen) atoms. The zero-order valence-corrected chi connectivity index (χ0v) is 12.7. The van der Waals surface area contributed by atoms with Crippen LogP contribution in [0.1, 0.15) is 30.6 Å². The van der Waals surface area contributed by atoms with Gasteiger partial charge in [0.05, 0.1) is 5.69 Å². The van der Waals surface area contributed by atoms with E-state index in [-0.39, 0.29) is 23.4 Å². The van der Waals surface area contributed by atoms with Gasteiger partial charge in [-0.3, -0.25) is 4.79 Å². The van der Waals surface area contributed by atoms with Crippen molar-refractivity contribution < 1.29 is 9.90 Å². The second kappa shape index (κ2) is 7.14. The number of hydrogen-bond donors (Lipinski definition) is 3. The van der Waals surface area contributed by atoms with Gasteiger partial charge in [0.15, 0.2) is 0 Å². The third kappa shape index (κ3) is 5.09. The molecule has 0 saturated heterocycles. The lowest BCUT2D eigenvalue weighted by Gasteiger charge is -2.24. The summed E-state index contributed by atoms with van der Waals surface area (Å²) in [6, 6.07) is 4.63. The first-order valence-electron chi connectivity index (χ1n) is 6.83. The average Bonchev–Trinajstić information content (AvgIpc) is 2.30. The first kappa shape index (κ1) is 16.3. The van der Waals surface area contributed by atoms with Gasteiger partial charge in [-0.25, -0.2) is 0 Å². The maximum absolute atomic E-state index is 12.2. The fraction of sp³-hybridized carbons (Fsp3) is 0.533. The first-order chi connectivity index (χ1) is 9.29. The average molecular weight is 279 g/mol. The number of aromatic hydroxyl groups is 1. The highest BCUT2D eigenvalue weighted by molar-refractivity contribution is 5.95. The van der Waals surface area contributed by atoms with Gasteiger partial charge in [0.1, 0.15) is 5.75 Å². The van der Waals surface area contributed by atoms with Crippen molar-refractivity contribution in [3.63, 3.8) is 0 Å². The Morgan fingerprint density at radius 1 is 1.40 bits per heavy atom. The Bertz CT molecular complexity index is 448. The molecule has 1 unspecified atom stereocenters. The highest BCUT2D eigenvalue weighted by atomic mass is 16.3. The maximum Gasteiger partial charge on any atom is 0.251 e. The van der Waals surface area contributed by atoms with Gasteiger partial charge in [-0.2, -0.15) is 0 Å². The summed E-state index contributed by atoms with van der Waals surface area (Å²) >= 11 is 0. The second-order valence-corrected chi connectivity index (χ2v) is 5.84. The summed E-state index contributed by atoms with van der Waals surface area (Å²) in [7, 11) is 3.96. The van der Waals surface area contributed by atoms with Crippen LogP contribution in [-0.2, 0) is 0 Å². The summed E-state index contributed by atoms with van der Waals surface area (Å²) in [5, 5.41) is 12.6. The predicted molar refractivity (Wildman–Crippen MR) is 81.8 cm³/mol. The molecule has 0 saturated carbocycles. The van der Waals surface area contributed by atoms with Gasteiger partial charge in [0, 0.05) is 18.2 Å². The summed E-state index contributed by atoms with van der Waals surface area (Å²) < 4.78 is 0. The van der Waals surface area contributed by atoms with Crippen molar-refractivity contribution in [3.8, 4) is 5.75 Å². The number of anilines is 1. The van der Waals surface area contributed by atoms with Crippen molar-refractivity contribution in [2.75, 3.05) is 26.4 Å². The molecule has 5 heteroatoms. The van der Waals surface area contributed by atoms with E-state index in [4.69, 9.17) is 5.73 Å². The van der Waals surface area contributed by atoms with Crippen LogP contribution < -0.4 is 11.1 Å². The summed E-state index contributed by atoms with van der Waals surface area (Å²) in [6.45, 7) is 5.04. The van der Waals surface area contributed by atoms with E-state index in [1.165, 1.54) is 12.1 Å². The van der Waals surface area contributed by atoms with E-state index in [0.717, 1.165) is 13.0 Å². The predicted octanol–water partition coefficient (Wildman–Crippen LogP) is 1.68. The molecule has 0 radical (unpaired) electrons. The monoisotopic (exact) mass is 279 g/mol. The third-order valence-electron chi connectivity index (χ3n) is 2.97. The fourth-order valence-corrected chi connectivity index (χ4v) is 2.14. The standard InChI is InChI=1S/C15H25N3O2/c1-10(2)7-12(9-18(3)4)17-15(20)11-5-6-13(16)14(19)8-11/h5-6,8,10,12,19H,7,9,16H2,1-4H3,(H,17,20). The number of nitrogens with one attached hydrogen (secondary N) is 1. The number of hydrogen-bond acceptors (Lipinski definition) is 4. The molecule has 0 fully saturated rings. The van der Waals surface area contributed by atoms with Crippen LogP contribution in [0.3, 0.4) is 0 Å². The molecule has 1 amide bonds. The number of benzene rings is 1. The van der Waals surface area contributed by atoms with Crippen LogP contribution in [0.25, 0.3) is 0 Å². The number of nitrogen functional groups attached to an aromatic ring is 1. The molecule has 112 valence electrons. The highest BCUT2D eigenvalue weighted by Crippen LogP contribution is 2.20. The van der Waals surface area contributed by atoms with Gasteiger partial charge < -0.3 is 21.1 Å². The molecule has 1 aromatic carbocycles. The van der Waals surface area contributed by atoms with E-state index in [9.17, 15) is 9.90 Å². The number of rotatable bonds is 6. The molecule has 0 bridgehead atoms. The van der Waals surface area contributed by atoms with Crippen LogP contribution in [0.15, 0.2) is 18.2 Å². The molecule has 1 rings (SSSR count). The molecular formula is C15H25N3O2. The van der Waals surface area contributed by atoms with Crippen molar-refractivity contribution in [2.45, 2.75) is 26.3 Å². The van der Waals surface area contributed by atoms with E-state index in [1.54, 1.807) is 6.07 Å². The number of carbonyl (C=O) groups is 1. The molecule has 0 aliphatic heterocycles. The van der Waals surface area contributed by atoms with Crippen LogP contribution >= 0.6 is 0 Å². The number of phenolic OH excluding ortho intramolecular Hbond substituents is 1. The van der Waals surface area contributed by atoms with Gasteiger partial charge in [-0.15, -0.1) is 0 Å². The van der Waals surface area contributed by atoms with Crippen molar-refractivity contribution in [2.24, 2.45) is 5.92 Å². The largest absolute Gasteiger partial charge is 0.506 e. The van der Waals surface area contributed by atoms with Crippen LogP contribution in [0.5, 0.6) is 5.75 Å². The Labute approximate surface area is 120 Å². The summed E-state index contributed by atoms with van der Waals surface area (Å²) in [4.78, 5) is 14.2. The fourth-order valence-electron chi connectivity index (χ4n) is 2.14. The molecule has 0 spiro atoms. The molecule has 0 aliphatic rings. The number of carbonyl (C=O) groups excluding carboxylic acids is 1. The molecule has 1 aromatic rings. The molecule has 1 atom stereocenters. The molecular weight excluding hydrogens is 254 g/mol. The van der Waals surface area contributed by atoms with Crippen molar-refractivity contribution in [3.05, 3.63) is 23.8 Å². The van der Waals surface area contributed by atoms with Gasteiger partial charge in [0.25, 0.3) is 5.91 Å². The van der Waals surface area contributed by atoms with E-state index in [2.05, 4.69) is 19.2 Å². The molecule has 0 aliphatic carbocycles. The van der Waals surface area contributed by atoms with Gasteiger partial charge in [-0.1, -0.05) is 13.8 Å². The zero-order valence-electron chi connectivity index (χ0n) is 12.7. The van der Waals surface area contributed by atoms with E-state index in [0.29, 0.717) is 11.5 Å². The van der Waals surface area contributed by atoms with Crippen molar-refractivity contribution in [1.29, 1.82) is 0 Å². The van der Waals surface area contributed by atoms with Gasteiger partial charge in [-0.05, 0) is 44.6 Å². The maximum atomic E-state index is 12.2. The Morgan fingerprint density at radius 3 is 2.55 bits per heavy atom. The lowest BCUT2D eigenvalue weighted by atomic mass is 10.0. The normalized spacial score (nSPS) is 12.7. The third-order valence-corrected chi connectivity index (χ3v) is 2.97. The number of amides is 1. The lowest BCUT2D eigenvalue weighted by molar-refractivity contribution is 0.0924. The number of phenols is 1. The molecule has 0 aromatic heterocycles. The van der Waals surface area contributed by atoms with E-state index < -0.39 is 0 Å². The Kier molecular flexibility index (Phi) is 5.82. The van der Waals surface area contributed by atoms with E-state index >= 15 is 0 Å². The summed E-state index contributed by atoms with van der Waals surface area (Å²) in [6.07, 6.45) is 0.908. The highest BCUT2D eigenvalue weighted by Gasteiger charge is 2.16. The Hall–Kier alpha value is -1.75.